The largest absolute Gasteiger partial charge is 0.334 e. The normalized spacial score (nSPS) is 25.4. The summed E-state index contributed by atoms with van der Waals surface area (Å²) in [7, 11) is 0. The maximum Gasteiger partial charge on any atom is 0.334 e. The van der Waals surface area contributed by atoms with E-state index in [-0.39, 0.29) is 18.5 Å². The Kier molecular flexibility index (Phi) is 4.20. The quantitative estimate of drug-likeness (QED) is 0.637. The van der Waals surface area contributed by atoms with Crippen LogP contribution in [0.1, 0.15) is 43.7 Å². The van der Waals surface area contributed by atoms with Crippen LogP contribution >= 0.6 is 0 Å². The zero-order chi connectivity index (χ0) is 16.6. The predicted molar refractivity (Wildman–Crippen MR) is 85.4 cm³/mol. The number of amides is 4. The van der Waals surface area contributed by atoms with E-state index in [9.17, 15) is 14.4 Å². The SMILES string of the molecule is Cc1ccc(CN2C(=O)C(=O)N([C@@H]3CCCC[C@H]3C)C2=O)cc1. The van der Waals surface area contributed by atoms with Crippen molar-refractivity contribution in [1.29, 1.82) is 0 Å². The van der Waals surface area contributed by atoms with Crippen LogP contribution in [-0.4, -0.2) is 33.7 Å². The van der Waals surface area contributed by atoms with Gasteiger partial charge in [-0.05, 0) is 31.2 Å². The van der Waals surface area contributed by atoms with Crippen LogP contribution in [0, 0.1) is 12.8 Å². The molecule has 4 amide bonds. The fraction of sp³-hybridized carbons (Fsp3) is 0.500. The average Bonchev–Trinajstić information content (AvgIpc) is 2.74. The van der Waals surface area contributed by atoms with E-state index >= 15 is 0 Å². The van der Waals surface area contributed by atoms with Gasteiger partial charge in [0.25, 0.3) is 0 Å². The van der Waals surface area contributed by atoms with Crippen LogP contribution in [0.5, 0.6) is 0 Å². The predicted octanol–water partition coefficient (Wildman–Crippen LogP) is 2.86. The van der Waals surface area contributed by atoms with Gasteiger partial charge in [0.2, 0.25) is 0 Å². The number of hydrogen-bond donors (Lipinski definition) is 0. The second-order valence-corrected chi connectivity index (χ2v) is 6.66. The minimum Gasteiger partial charge on any atom is -0.263 e. The van der Waals surface area contributed by atoms with Crippen molar-refractivity contribution in [3.8, 4) is 0 Å². The monoisotopic (exact) mass is 314 g/mol. The molecule has 3 rings (SSSR count). The Labute approximate surface area is 136 Å². The molecule has 0 spiro atoms. The number of imide groups is 2. The topological polar surface area (TPSA) is 57.7 Å². The Balaban J connectivity index is 1.80. The minimum absolute atomic E-state index is 0.143. The molecule has 0 unspecified atom stereocenters. The molecule has 5 nitrogen and oxygen atoms in total. The van der Waals surface area contributed by atoms with Gasteiger partial charge >= 0.3 is 17.8 Å². The van der Waals surface area contributed by atoms with Gasteiger partial charge in [-0.15, -0.1) is 0 Å². The molecule has 23 heavy (non-hydrogen) atoms. The number of rotatable bonds is 3. The molecule has 0 radical (unpaired) electrons. The Bertz CT molecular complexity index is 638. The number of carbonyl (C=O) groups is 3. The van der Waals surface area contributed by atoms with E-state index in [1.54, 1.807) is 0 Å². The molecule has 1 aromatic carbocycles. The lowest BCUT2D eigenvalue weighted by Crippen LogP contribution is -2.46. The molecule has 1 saturated carbocycles. The fourth-order valence-electron chi connectivity index (χ4n) is 3.51. The Morgan fingerprint density at radius 2 is 1.65 bits per heavy atom. The van der Waals surface area contributed by atoms with E-state index in [4.69, 9.17) is 0 Å². The molecular formula is C18H22N2O3. The van der Waals surface area contributed by atoms with Crippen LogP contribution in [0.2, 0.25) is 0 Å². The zero-order valence-electron chi connectivity index (χ0n) is 13.6. The van der Waals surface area contributed by atoms with E-state index in [2.05, 4.69) is 6.92 Å². The second kappa shape index (κ2) is 6.14. The molecule has 2 aliphatic rings. The molecule has 1 heterocycles. The lowest BCUT2D eigenvalue weighted by atomic mass is 9.85. The molecule has 1 saturated heterocycles. The van der Waals surface area contributed by atoms with Gasteiger partial charge in [0.15, 0.2) is 0 Å². The summed E-state index contributed by atoms with van der Waals surface area (Å²) < 4.78 is 0. The van der Waals surface area contributed by atoms with Crippen molar-refractivity contribution in [2.24, 2.45) is 5.92 Å². The molecule has 0 N–H and O–H groups in total. The summed E-state index contributed by atoms with van der Waals surface area (Å²) in [5, 5.41) is 0. The molecule has 1 aliphatic carbocycles. The third kappa shape index (κ3) is 2.87. The van der Waals surface area contributed by atoms with Crippen LogP contribution in [0.15, 0.2) is 24.3 Å². The lowest BCUT2D eigenvalue weighted by molar-refractivity contribution is -0.144. The summed E-state index contributed by atoms with van der Waals surface area (Å²) in [5.74, 6) is -1.11. The molecular weight excluding hydrogens is 292 g/mol. The molecule has 2 atom stereocenters. The highest BCUT2D eigenvalue weighted by Crippen LogP contribution is 2.31. The van der Waals surface area contributed by atoms with Crippen LogP contribution < -0.4 is 0 Å². The Morgan fingerprint density at radius 1 is 1.00 bits per heavy atom. The Hall–Kier alpha value is -2.17. The second-order valence-electron chi connectivity index (χ2n) is 6.66. The maximum absolute atomic E-state index is 12.7. The summed E-state index contributed by atoms with van der Waals surface area (Å²) in [5.41, 5.74) is 1.96. The number of hydrogen-bond acceptors (Lipinski definition) is 3. The van der Waals surface area contributed by atoms with Gasteiger partial charge in [-0.25, -0.2) is 4.79 Å². The van der Waals surface area contributed by atoms with Gasteiger partial charge in [0, 0.05) is 6.04 Å². The summed E-state index contributed by atoms with van der Waals surface area (Å²) in [6.07, 6.45) is 3.91. The fourth-order valence-corrected chi connectivity index (χ4v) is 3.51. The average molecular weight is 314 g/mol. The third-order valence-corrected chi connectivity index (χ3v) is 4.94. The number of aryl methyl sites for hydroxylation is 1. The first-order valence-electron chi connectivity index (χ1n) is 8.23. The highest BCUT2D eigenvalue weighted by molar-refractivity contribution is 6.44. The maximum atomic E-state index is 12.7. The molecule has 0 bridgehead atoms. The van der Waals surface area contributed by atoms with E-state index < -0.39 is 17.8 Å². The van der Waals surface area contributed by atoms with Gasteiger partial charge in [0.05, 0.1) is 6.54 Å². The minimum atomic E-state index is -0.701. The van der Waals surface area contributed by atoms with Crippen molar-refractivity contribution < 1.29 is 14.4 Å². The zero-order valence-corrected chi connectivity index (χ0v) is 13.6. The lowest BCUT2D eigenvalue weighted by Gasteiger charge is -2.34. The number of nitrogens with zero attached hydrogens (tertiary/aromatic N) is 2. The summed E-state index contributed by atoms with van der Waals surface area (Å²) >= 11 is 0. The molecule has 122 valence electrons. The molecule has 5 heteroatoms. The molecule has 1 aliphatic heterocycles. The smallest absolute Gasteiger partial charge is 0.263 e. The summed E-state index contributed by atoms with van der Waals surface area (Å²) in [6.45, 7) is 4.18. The van der Waals surface area contributed by atoms with Crippen LogP contribution in [-0.2, 0) is 16.1 Å². The first kappa shape index (κ1) is 15.7. The molecule has 1 aromatic rings. The van der Waals surface area contributed by atoms with Crippen molar-refractivity contribution in [3.05, 3.63) is 35.4 Å². The van der Waals surface area contributed by atoms with Gasteiger partial charge in [-0.1, -0.05) is 49.6 Å². The first-order chi connectivity index (χ1) is 11.0. The third-order valence-electron chi connectivity index (χ3n) is 4.94. The van der Waals surface area contributed by atoms with E-state index in [0.717, 1.165) is 41.7 Å². The van der Waals surface area contributed by atoms with Gasteiger partial charge in [-0.2, -0.15) is 0 Å². The standard InChI is InChI=1S/C18H22N2O3/c1-12-7-9-14(10-8-12)11-19-16(21)17(22)20(18(19)23)15-6-4-3-5-13(15)2/h7-10,13,15H,3-6,11H2,1-2H3/t13-,15-/m1/s1. The van der Waals surface area contributed by atoms with Crippen LogP contribution in [0.25, 0.3) is 0 Å². The molecule has 0 aromatic heterocycles. The highest BCUT2D eigenvalue weighted by atomic mass is 16.2. The number of urea groups is 1. The van der Waals surface area contributed by atoms with Crippen molar-refractivity contribution >= 4 is 17.8 Å². The Morgan fingerprint density at radius 3 is 2.30 bits per heavy atom. The highest BCUT2D eigenvalue weighted by Gasteiger charge is 2.48. The van der Waals surface area contributed by atoms with Crippen molar-refractivity contribution in [2.45, 2.75) is 52.1 Å². The van der Waals surface area contributed by atoms with E-state index in [0.29, 0.717) is 0 Å². The van der Waals surface area contributed by atoms with Crippen molar-refractivity contribution in [2.75, 3.05) is 0 Å². The summed E-state index contributed by atoms with van der Waals surface area (Å²) in [4.78, 5) is 39.5. The van der Waals surface area contributed by atoms with Crippen LogP contribution in [0.3, 0.4) is 0 Å². The number of benzene rings is 1. The first-order valence-corrected chi connectivity index (χ1v) is 8.23. The van der Waals surface area contributed by atoms with Crippen molar-refractivity contribution in [1.82, 2.24) is 9.80 Å². The summed E-state index contributed by atoms with van der Waals surface area (Å²) in [6, 6.07) is 7.03. The van der Waals surface area contributed by atoms with Crippen molar-refractivity contribution in [3.63, 3.8) is 0 Å². The van der Waals surface area contributed by atoms with Crippen LogP contribution in [0.4, 0.5) is 4.79 Å². The van der Waals surface area contributed by atoms with Gasteiger partial charge < -0.3 is 0 Å². The van der Waals surface area contributed by atoms with E-state index in [1.165, 1.54) is 4.90 Å². The van der Waals surface area contributed by atoms with Gasteiger partial charge in [0.1, 0.15) is 0 Å². The molecule has 2 fully saturated rings. The van der Waals surface area contributed by atoms with E-state index in [1.807, 2.05) is 31.2 Å². The number of carbonyl (C=O) groups excluding carboxylic acids is 3. The van der Waals surface area contributed by atoms with Gasteiger partial charge in [-0.3, -0.25) is 19.4 Å².